The van der Waals surface area contributed by atoms with Crippen molar-refractivity contribution in [3.05, 3.63) is 37.0 Å². The molecule has 0 unspecified atom stereocenters. The van der Waals surface area contributed by atoms with Crippen molar-refractivity contribution in [1.82, 2.24) is 4.90 Å². The van der Waals surface area contributed by atoms with Gasteiger partial charge >= 0.3 is 0 Å². The summed E-state index contributed by atoms with van der Waals surface area (Å²) in [6, 6.07) is 0. The van der Waals surface area contributed by atoms with Crippen LogP contribution in [-0.2, 0) is 0 Å². The predicted molar refractivity (Wildman–Crippen MR) is 51.6 cm³/mol. The van der Waals surface area contributed by atoms with Crippen molar-refractivity contribution < 1.29 is 0 Å². The van der Waals surface area contributed by atoms with Gasteiger partial charge in [-0.05, 0) is 19.2 Å². The molecule has 62 valence electrons. The highest BCUT2D eigenvalue weighted by atomic mass is 15.1. The first-order valence-electron chi connectivity index (χ1n) is 3.86. The minimum atomic E-state index is 0.931. The number of likely N-dealkylation sites (N-methyl/N-ethyl adjacent to an activating group) is 1. The third-order valence-electron chi connectivity index (χ3n) is 1.48. The molecule has 0 rings (SSSR count). The lowest BCUT2D eigenvalue weighted by Crippen LogP contribution is -2.19. The molecule has 0 N–H and O–H groups in total. The number of nitrogens with zero attached hydrogens (tertiary/aromatic N) is 1. The van der Waals surface area contributed by atoms with Gasteiger partial charge in [-0.15, -0.1) is 0 Å². The molecule has 0 saturated heterocycles. The maximum Gasteiger partial charge on any atom is 0.0224 e. The van der Waals surface area contributed by atoms with E-state index in [0.717, 1.165) is 18.7 Å². The minimum Gasteiger partial charge on any atom is -0.302 e. The second-order valence-electron chi connectivity index (χ2n) is 2.58. The van der Waals surface area contributed by atoms with Crippen LogP contribution in [0.2, 0.25) is 0 Å². The molecule has 11 heavy (non-hydrogen) atoms. The Morgan fingerprint density at radius 2 is 2.18 bits per heavy atom. The molecule has 0 heterocycles. The van der Waals surface area contributed by atoms with Gasteiger partial charge in [-0.1, -0.05) is 38.3 Å². The molecule has 0 atom stereocenters. The van der Waals surface area contributed by atoms with Crippen LogP contribution < -0.4 is 0 Å². The topological polar surface area (TPSA) is 3.24 Å². The largest absolute Gasteiger partial charge is 0.302 e. The van der Waals surface area contributed by atoms with Crippen LogP contribution in [0.15, 0.2) is 37.0 Å². The predicted octanol–water partition coefficient (Wildman–Crippen LogP) is 2.24. The molecule has 0 spiro atoms. The molecule has 0 aliphatic carbocycles. The normalized spacial score (nSPS) is 10.8. The SMILES string of the molecule is C=C/C=C\C(=C)CN(C)CC. The highest BCUT2D eigenvalue weighted by molar-refractivity contribution is 5.19. The van der Waals surface area contributed by atoms with Gasteiger partial charge in [0.2, 0.25) is 0 Å². The first-order valence-corrected chi connectivity index (χ1v) is 3.86. The van der Waals surface area contributed by atoms with Crippen LogP contribution in [0.5, 0.6) is 0 Å². The van der Waals surface area contributed by atoms with Gasteiger partial charge in [-0.3, -0.25) is 0 Å². The Bertz CT molecular complexity index is 156. The summed E-state index contributed by atoms with van der Waals surface area (Å²) >= 11 is 0. The summed E-state index contributed by atoms with van der Waals surface area (Å²) in [6.07, 6.45) is 5.65. The lowest BCUT2D eigenvalue weighted by molar-refractivity contribution is 0.387. The summed E-state index contributed by atoms with van der Waals surface area (Å²) < 4.78 is 0. The van der Waals surface area contributed by atoms with Crippen LogP contribution >= 0.6 is 0 Å². The zero-order valence-electron chi connectivity index (χ0n) is 7.51. The standard InChI is InChI=1S/C10H17N/c1-5-7-8-10(3)9-11(4)6-2/h5,7-8H,1,3,6,9H2,2,4H3/b8-7-. The maximum atomic E-state index is 3.90. The second-order valence-corrected chi connectivity index (χ2v) is 2.58. The van der Waals surface area contributed by atoms with Crippen molar-refractivity contribution in [3.63, 3.8) is 0 Å². The Balaban J connectivity index is 3.68. The van der Waals surface area contributed by atoms with Gasteiger partial charge in [-0.2, -0.15) is 0 Å². The lowest BCUT2D eigenvalue weighted by Gasteiger charge is -2.12. The van der Waals surface area contributed by atoms with Crippen molar-refractivity contribution in [2.75, 3.05) is 20.1 Å². The second kappa shape index (κ2) is 5.93. The van der Waals surface area contributed by atoms with Gasteiger partial charge in [0, 0.05) is 6.54 Å². The number of hydrogen-bond acceptors (Lipinski definition) is 1. The molecule has 0 bridgehead atoms. The molecule has 1 heteroatoms. The number of allylic oxidation sites excluding steroid dienone is 2. The summed E-state index contributed by atoms with van der Waals surface area (Å²) in [5.41, 5.74) is 1.12. The molecule has 1 nitrogen and oxygen atoms in total. The molecule has 0 aromatic heterocycles. The van der Waals surface area contributed by atoms with Gasteiger partial charge in [0.15, 0.2) is 0 Å². The molecule has 0 aromatic carbocycles. The zero-order valence-corrected chi connectivity index (χ0v) is 7.51. The van der Waals surface area contributed by atoms with Crippen molar-refractivity contribution in [2.45, 2.75) is 6.92 Å². The van der Waals surface area contributed by atoms with E-state index < -0.39 is 0 Å². The Morgan fingerprint density at radius 3 is 2.64 bits per heavy atom. The van der Waals surface area contributed by atoms with Crippen LogP contribution in [-0.4, -0.2) is 25.0 Å². The van der Waals surface area contributed by atoms with E-state index in [9.17, 15) is 0 Å². The van der Waals surface area contributed by atoms with E-state index in [1.54, 1.807) is 6.08 Å². The number of hydrogen-bond donors (Lipinski definition) is 0. The van der Waals surface area contributed by atoms with Gasteiger partial charge in [0.05, 0.1) is 0 Å². The maximum absolute atomic E-state index is 3.90. The van der Waals surface area contributed by atoms with E-state index in [0.29, 0.717) is 0 Å². The van der Waals surface area contributed by atoms with Crippen LogP contribution in [0.1, 0.15) is 6.92 Å². The monoisotopic (exact) mass is 151 g/mol. The zero-order chi connectivity index (χ0) is 8.69. The van der Waals surface area contributed by atoms with E-state index in [2.05, 4.69) is 32.0 Å². The molecule has 0 aliphatic heterocycles. The van der Waals surface area contributed by atoms with Crippen molar-refractivity contribution in [2.24, 2.45) is 0 Å². The summed E-state index contributed by atoms with van der Waals surface area (Å²) in [7, 11) is 2.08. The summed E-state index contributed by atoms with van der Waals surface area (Å²) in [4.78, 5) is 2.20. The molecular weight excluding hydrogens is 134 g/mol. The first-order chi connectivity index (χ1) is 5.20. The van der Waals surface area contributed by atoms with E-state index in [1.165, 1.54) is 0 Å². The lowest BCUT2D eigenvalue weighted by atomic mass is 10.2. The van der Waals surface area contributed by atoms with Crippen molar-refractivity contribution in [3.8, 4) is 0 Å². The molecule has 0 aliphatic rings. The Morgan fingerprint density at radius 1 is 1.55 bits per heavy atom. The summed E-state index contributed by atoms with van der Waals surface area (Å²) in [5, 5.41) is 0. The van der Waals surface area contributed by atoms with E-state index >= 15 is 0 Å². The van der Waals surface area contributed by atoms with Crippen LogP contribution in [0.3, 0.4) is 0 Å². The summed E-state index contributed by atoms with van der Waals surface area (Å²) in [5.74, 6) is 0. The van der Waals surface area contributed by atoms with Gasteiger partial charge in [0.25, 0.3) is 0 Å². The van der Waals surface area contributed by atoms with Gasteiger partial charge in [-0.25, -0.2) is 0 Å². The van der Waals surface area contributed by atoms with Crippen LogP contribution in [0, 0.1) is 0 Å². The first kappa shape index (κ1) is 10.2. The van der Waals surface area contributed by atoms with Crippen molar-refractivity contribution in [1.29, 1.82) is 0 Å². The minimum absolute atomic E-state index is 0.931. The van der Waals surface area contributed by atoms with Gasteiger partial charge in [0.1, 0.15) is 0 Å². The van der Waals surface area contributed by atoms with E-state index in [1.807, 2.05) is 12.2 Å². The van der Waals surface area contributed by atoms with Crippen LogP contribution in [0.25, 0.3) is 0 Å². The average molecular weight is 151 g/mol. The Hall–Kier alpha value is -0.820. The fraction of sp³-hybridized carbons (Fsp3) is 0.400. The van der Waals surface area contributed by atoms with Crippen LogP contribution in [0.4, 0.5) is 0 Å². The van der Waals surface area contributed by atoms with E-state index in [4.69, 9.17) is 0 Å². The smallest absolute Gasteiger partial charge is 0.0224 e. The third kappa shape index (κ3) is 5.62. The summed E-state index contributed by atoms with van der Waals surface area (Å²) in [6.45, 7) is 11.6. The Kier molecular flexibility index (Phi) is 5.49. The quantitative estimate of drug-likeness (QED) is 0.545. The highest BCUT2D eigenvalue weighted by Crippen LogP contribution is 1.95. The van der Waals surface area contributed by atoms with Crippen molar-refractivity contribution >= 4 is 0 Å². The Labute approximate surface area is 69.7 Å². The number of rotatable bonds is 5. The molecule has 0 saturated carbocycles. The molecule has 0 radical (unpaired) electrons. The van der Waals surface area contributed by atoms with E-state index in [-0.39, 0.29) is 0 Å². The molecule has 0 fully saturated rings. The molecule has 0 aromatic rings. The fourth-order valence-electron chi connectivity index (χ4n) is 0.715. The third-order valence-corrected chi connectivity index (χ3v) is 1.48. The molecule has 0 amide bonds. The highest BCUT2D eigenvalue weighted by Gasteiger charge is 1.93. The fourth-order valence-corrected chi connectivity index (χ4v) is 0.715. The molecular formula is C10H17N. The van der Waals surface area contributed by atoms with Gasteiger partial charge < -0.3 is 4.90 Å². The average Bonchev–Trinajstić information content (AvgIpc) is 2.00.